The fraction of sp³-hybridized carbons (Fsp3) is 0.273. The molecule has 0 aliphatic heterocycles. The highest BCUT2D eigenvalue weighted by Gasteiger charge is 2.24. The molecule has 0 heterocycles. The van der Waals surface area contributed by atoms with Crippen molar-refractivity contribution in [3.63, 3.8) is 0 Å². The van der Waals surface area contributed by atoms with Crippen LogP contribution in [0.15, 0.2) is 36.4 Å². The van der Waals surface area contributed by atoms with Crippen LogP contribution in [-0.2, 0) is 20.7 Å². The first kappa shape index (κ1) is 18.7. The summed E-state index contributed by atoms with van der Waals surface area (Å²) >= 11 is 0. The molecule has 3 rings (SSSR count). The molecule has 2 aromatic carbocycles. The Hall–Kier alpha value is -3.08. The number of rotatable bonds is 7. The molecule has 0 atom stereocenters. The van der Waals surface area contributed by atoms with E-state index in [0.29, 0.717) is 18.4 Å². The minimum atomic E-state index is -0.865. The molecule has 5 heteroatoms. The lowest BCUT2D eigenvalue weighted by molar-refractivity contribution is -0.137. The van der Waals surface area contributed by atoms with Crippen LogP contribution in [0.1, 0.15) is 58.5 Å². The van der Waals surface area contributed by atoms with Crippen LogP contribution in [0.5, 0.6) is 0 Å². The summed E-state index contributed by atoms with van der Waals surface area (Å²) in [6, 6.07) is 10.4. The minimum Gasteiger partial charge on any atom is -0.460 e. The largest absolute Gasteiger partial charge is 0.460 e. The Morgan fingerprint density at radius 2 is 1.41 bits per heavy atom. The lowest BCUT2D eigenvalue weighted by atomic mass is 9.98. The van der Waals surface area contributed by atoms with Gasteiger partial charge in [-0.15, -0.1) is 0 Å². The van der Waals surface area contributed by atoms with E-state index in [1.165, 1.54) is 0 Å². The van der Waals surface area contributed by atoms with Crippen LogP contribution in [0.3, 0.4) is 0 Å². The van der Waals surface area contributed by atoms with Crippen molar-refractivity contribution < 1.29 is 23.9 Å². The van der Waals surface area contributed by atoms with E-state index >= 15 is 0 Å². The normalized spacial score (nSPS) is 11.5. The summed E-state index contributed by atoms with van der Waals surface area (Å²) in [7, 11) is 0. The van der Waals surface area contributed by atoms with Crippen LogP contribution in [-0.4, -0.2) is 29.9 Å². The van der Waals surface area contributed by atoms with Gasteiger partial charge >= 0.3 is 5.97 Å². The van der Waals surface area contributed by atoms with E-state index in [1.807, 2.05) is 13.0 Å². The van der Waals surface area contributed by atoms with E-state index in [9.17, 15) is 19.2 Å². The predicted octanol–water partition coefficient (Wildman–Crippen LogP) is 3.56. The summed E-state index contributed by atoms with van der Waals surface area (Å²) in [5.41, 5.74) is 4.45. The van der Waals surface area contributed by atoms with Gasteiger partial charge in [-0.3, -0.25) is 14.4 Å². The lowest BCUT2D eigenvalue weighted by Crippen LogP contribution is -2.17. The van der Waals surface area contributed by atoms with Crippen LogP contribution in [0.2, 0.25) is 0 Å². The number of carbonyl (C=O) groups excluding carboxylic acids is 4. The lowest BCUT2D eigenvalue weighted by Gasteiger charge is -2.05. The van der Waals surface area contributed by atoms with Crippen molar-refractivity contribution in [3.8, 4) is 11.1 Å². The van der Waals surface area contributed by atoms with Gasteiger partial charge < -0.3 is 4.74 Å². The first-order valence-corrected chi connectivity index (χ1v) is 9.01. The van der Waals surface area contributed by atoms with Gasteiger partial charge in [0.1, 0.15) is 0 Å². The van der Waals surface area contributed by atoms with E-state index < -0.39 is 17.5 Å². The molecular formula is C22H20O5. The molecule has 5 nitrogen and oxygen atoms in total. The topological polar surface area (TPSA) is 77.5 Å². The highest BCUT2D eigenvalue weighted by molar-refractivity contribution is 6.43. The van der Waals surface area contributed by atoms with Crippen LogP contribution in [0, 0.1) is 0 Å². The summed E-state index contributed by atoms with van der Waals surface area (Å²) in [6.07, 6.45) is 1.42. The van der Waals surface area contributed by atoms with E-state index in [1.54, 1.807) is 37.3 Å². The minimum absolute atomic E-state index is 0.147. The molecule has 0 saturated heterocycles. The molecule has 0 fully saturated rings. The number of hydrogen-bond donors (Lipinski definition) is 0. The van der Waals surface area contributed by atoms with Crippen molar-refractivity contribution in [3.05, 3.63) is 58.7 Å². The molecule has 2 aromatic rings. The second-order valence-electron chi connectivity index (χ2n) is 6.47. The molecule has 0 saturated carbocycles. The summed E-state index contributed by atoms with van der Waals surface area (Å²) in [5, 5.41) is 0. The third-order valence-corrected chi connectivity index (χ3v) is 4.60. The molecule has 0 aromatic heterocycles. The maximum absolute atomic E-state index is 12.2. The quantitative estimate of drug-likeness (QED) is 0.364. The van der Waals surface area contributed by atoms with Crippen molar-refractivity contribution in [2.24, 2.45) is 0 Å². The van der Waals surface area contributed by atoms with Gasteiger partial charge in [0, 0.05) is 17.5 Å². The molecule has 0 spiro atoms. The Kier molecular flexibility index (Phi) is 5.31. The van der Waals surface area contributed by atoms with Crippen molar-refractivity contribution in [2.45, 2.75) is 33.1 Å². The van der Waals surface area contributed by atoms with Crippen LogP contribution in [0.25, 0.3) is 11.1 Å². The van der Waals surface area contributed by atoms with E-state index in [0.717, 1.165) is 22.3 Å². The first-order chi connectivity index (χ1) is 13.0. The third kappa shape index (κ3) is 3.58. The number of ether oxygens (including phenoxy) is 1. The Labute approximate surface area is 157 Å². The molecule has 0 unspecified atom stereocenters. The summed E-state index contributed by atoms with van der Waals surface area (Å²) in [4.78, 5) is 47.9. The first-order valence-electron chi connectivity index (χ1n) is 9.01. The SMILES string of the molecule is CCCC(=O)C(=O)c1ccc2c(c1)Cc1cc(C(=O)C(=O)OCC)ccc1-2. The van der Waals surface area contributed by atoms with Gasteiger partial charge in [0.25, 0.3) is 5.78 Å². The Morgan fingerprint density at radius 1 is 0.852 bits per heavy atom. The second kappa shape index (κ2) is 7.66. The van der Waals surface area contributed by atoms with Gasteiger partial charge in [0.2, 0.25) is 11.6 Å². The van der Waals surface area contributed by atoms with Crippen LogP contribution in [0.4, 0.5) is 0 Å². The maximum atomic E-state index is 12.2. The van der Waals surface area contributed by atoms with E-state index in [-0.39, 0.29) is 24.4 Å². The fourth-order valence-corrected chi connectivity index (χ4v) is 3.31. The zero-order chi connectivity index (χ0) is 19.6. The van der Waals surface area contributed by atoms with Crippen LogP contribution >= 0.6 is 0 Å². The number of carbonyl (C=O) groups is 4. The average molecular weight is 364 g/mol. The Morgan fingerprint density at radius 3 is 1.93 bits per heavy atom. The average Bonchev–Trinajstić information content (AvgIpc) is 3.03. The molecule has 0 bridgehead atoms. The Bertz CT molecular complexity index is 878. The van der Waals surface area contributed by atoms with Gasteiger partial charge in [0.15, 0.2) is 0 Å². The fourth-order valence-electron chi connectivity index (χ4n) is 3.31. The van der Waals surface area contributed by atoms with Gasteiger partial charge in [0.05, 0.1) is 6.61 Å². The van der Waals surface area contributed by atoms with E-state index in [4.69, 9.17) is 4.74 Å². The number of Topliss-reactive ketones (excluding diaryl/α,β-unsaturated/α-hetero) is 3. The summed E-state index contributed by atoms with van der Waals surface area (Å²) in [5.74, 6) is -2.38. The molecular weight excluding hydrogens is 344 g/mol. The number of benzene rings is 2. The van der Waals surface area contributed by atoms with Gasteiger partial charge in [-0.05, 0) is 54.2 Å². The summed E-state index contributed by atoms with van der Waals surface area (Å²) < 4.78 is 4.77. The zero-order valence-electron chi connectivity index (χ0n) is 15.3. The summed E-state index contributed by atoms with van der Waals surface area (Å²) in [6.45, 7) is 3.66. The second-order valence-corrected chi connectivity index (χ2v) is 6.47. The molecule has 1 aliphatic carbocycles. The van der Waals surface area contributed by atoms with Crippen molar-refractivity contribution in [1.82, 2.24) is 0 Å². The smallest absolute Gasteiger partial charge is 0.379 e. The number of esters is 1. The molecule has 0 radical (unpaired) electrons. The van der Waals surface area contributed by atoms with Gasteiger partial charge in [-0.25, -0.2) is 4.79 Å². The molecule has 27 heavy (non-hydrogen) atoms. The standard InChI is InChI=1S/C22H20O5/c1-3-5-19(23)20(24)13-6-8-17-15(10-13)12-16-11-14(7-9-18(16)17)21(25)22(26)27-4-2/h6-11H,3-5,12H2,1-2H3. The van der Waals surface area contributed by atoms with Gasteiger partial charge in [-0.1, -0.05) is 31.2 Å². The molecule has 0 N–H and O–H groups in total. The number of ketones is 3. The highest BCUT2D eigenvalue weighted by Crippen LogP contribution is 2.37. The number of hydrogen-bond acceptors (Lipinski definition) is 5. The zero-order valence-corrected chi connectivity index (χ0v) is 15.3. The number of fused-ring (bicyclic) bond motifs is 3. The molecule has 1 aliphatic rings. The predicted molar refractivity (Wildman–Crippen MR) is 99.9 cm³/mol. The third-order valence-electron chi connectivity index (χ3n) is 4.60. The maximum Gasteiger partial charge on any atom is 0.379 e. The van der Waals surface area contributed by atoms with Crippen molar-refractivity contribution in [1.29, 1.82) is 0 Å². The van der Waals surface area contributed by atoms with Crippen LogP contribution < -0.4 is 0 Å². The van der Waals surface area contributed by atoms with Crippen molar-refractivity contribution >= 4 is 23.3 Å². The molecule has 138 valence electrons. The van der Waals surface area contributed by atoms with E-state index in [2.05, 4.69) is 0 Å². The van der Waals surface area contributed by atoms with Crippen molar-refractivity contribution in [2.75, 3.05) is 6.61 Å². The Balaban J connectivity index is 1.87. The molecule has 0 amide bonds. The monoisotopic (exact) mass is 364 g/mol. The highest BCUT2D eigenvalue weighted by atomic mass is 16.5. The van der Waals surface area contributed by atoms with Gasteiger partial charge in [-0.2, -0.15) is 0 Å².